The van der Waals surface area contributed by atoms with Crippen LogP contribution in [0.4, 0.5) is 8.78 Å². The van der Waals surface area contributed by atoms with Crippen LogP contribution in [0.1, 0.15) is 63.8 Å². The molecule has 0 spiro atoms. The van der Waals surface area contributed by atoms with Crippen molar-refractivity contribution in [3.05, 3.63) is 53.1 Å². The van der Waals surface area contributed by atoms with E-state index in [0.29, 0.717) is 47.6 Å². The van der Waals surface area contributed by atoms with Gasteiger partial charge in [-0.15, -0.1) is 0 Å². The quantitative estimate of drug-likeness (QED) is 0.381. The number of benzene rings is 2. The van der Waals surface area contributed by atoms with Crippen LogP contribution >= 0.6 is 11.6 Å². The molecule has 2 aromatic carbocycles. The highest BCUT2D eigenvalue weighted by atomic mass is 35.5. The van der Waals surface area contributed by atoms with Crippen LogP contribution in [0, 0.1) is 23.5 Å². The van der Waals surface area contributed by atoms with E-state index in [4.69, 9.17) is 11.6 Å². The minimum atomic E-state index is -0.994. The van der Waals surface area contributed by atoms with Crippen LogP contribution in [0.3, 0.4) is 0 Å². The summed E-state index contributed by atoms with van der Waals surface area (Å²) in [6.45, 7) is 0. The van der Waals surface area contributed by atoms with Gasteiger partial charge in [-0.05, 0) is 68.7 Å². The number of carbonyl (C=O) groups is 2. The SMILES string of the molecule is O=C(N[C@H]1CC[C@H](C(=O)O)CC1)C(C1CCCCC1)n1c(-c2ccc(Cl)cc2)nc2cc(F)c(F)cc21. The summed E-state index contributed by atoms with van der Waals surface area (Å²) in [7, 11) is 0. The molecule has 0 radical (unpaired) electrons. The first-order chi connectivity index (χ1) is 17.8. The van der Waals surface area contributed by atoms with Gasteiger partial charge < -0.3 is 15.0 Å². The van der Waals surface area contributed by atoms with Gasteiger partial charge in [0.1, 0.15) is 11.9 Å². The van der Waals surface area contributed by atoms with Gasteiger partial charge in [0.15, 0.2) is 11.6 Å². The Morgan fingerprint density at radius 2 is 1.62 bits per heavy atom. The number of imidazole rings is 1. The summed E-state index contributed by atoms with van der Waals surface area (Å²) in [6.07, 6.45) is 6.97. The highest BCUT2D eigenvalue weighted by Gasteiger charge is 2.36. The van der Waals surface area contributed by atoms with Crippen LogP contribution < -0.4 is 5.32 Å². The molecule has 1 aromatic heterocycles. The highest BCUT2D eigenvalue weighted by molar-refractivity contribution is 6.30. The van der Waals surface area contributed by atoms with Crippen molar-refractivity contribution in [3.63, 3.8) is 0 Å². The Bertz CT molecular complexity index is 1300. The predicted octanol–water partition coefficient (Wildman–Crippen LogP) is 6.52. The number of hydrogen-bond donors (Lipinski definition) is 2. The average Bonchev–Trinajstić information content (AvgIpc) is 3.23. The third kappa shape index (κ3) is 5.35. The largest absolute Gasteiger partial charge is 0.481 e. The number of aromatic nitrogens is 2. The Morgan fingerprint density at radius 3 is 2.27 bits per heavy atom. The smallest absolute Gasteiger partial charge is 0.306 e. The molecule has 1 atom stereocenters. The summed E-state index contributed by atoms with van der Waals surface area (Å²) in [6, 6.07) is 8.42. The van der Waals surface area contributed by atoms with E-state index >= 15 is 0 Å². The van der Waals surface area contributed by atoms with Crippen molar-refractivity contribution in [1.29, 1.82) is 0 Å². The predicted molar refractivity (Wildman–Crippen MR) is 137 cm³/mol. The fourth-order valence-corrected chi connectivity index (χ4v) is 6.06. The standard InChI is InChI=1S/C28H30ClF2N3O3/c29-19-10-6-17(7-11-19)26-33-23-14-21(30)22(31)15-24(23)34(26)25(16-4-2-1-3-5-16)27(35)32-20-12-8-18(9-13-20)28(36)37/h6-7,10-11,14-16,18,20,25H,1-5,8-9,12-13H2,(H,32,35)(H,36,37)/t18-,20-,25?. The van der Waals surface area contributed by atoms with Gasteiger partial charge in [0.05, 0.1) is 17.0 Å². The van der Waals surface area contributed by atoms with Crippen molar-refractivity contribution >= 4 is 34.5 Å². The van der Waals surface area contributed by atoms with E-state index in [0.717, 1.165) is 44.2 Å². The second-order valence-corrected chi connectivity index (χ2v) is 10.7. The minimum Gasteiger partial charge on any atom is -0.481 e. The second kappa shape index (κ2) is 10.8. The van der Waals surface area contributed by atoms with Crippen LogP contribution in [0.15, 0.2) is 36.4 Å². The van der Waals surface area contributed by atoms with Crippen molar-refractivity contribution in [1.82, 2.24) is 14.9 Å². The zero-order chi connectivity index (χ0) is 26.1. The van der Waals surface area contributed by atoms with Gasteiger partial charge in [0.2, 0.25) is 5.91 Å². The third-order valence-electron chi connectivity index (χ3n) is 7.90. The summed E-state index contributed by atoms with van der Waals surface area (Å²) in [4.78, 5) is 30.0. The van der Waals surface area contributed by atoms with E-state index in [1.165, 1.54) is 0 Å². The van der Waals surface area contributed by atoms with Crippen LogP contribution in [-0.2, 0) is 9.59 Å². The topological polar surface area (TPSA) is 84.2 Å². The molecule has 1 unspecified atom stereocenters. The van der Waals surface area contributed by atoms with E-state index in [2.05, 4.69) is 10.3 Å². The number of rotatable bonds is 6. The molecule has 0 bridgehead atoms. The van der Waals surface area contributed by atoms with Gasteiger partial charge in [-0.2, -0.15) is 0 Å². The summed E-state index contributed by atoms with van der Waals surface area (Å²) in [5.74, 6) is -2.90. The summed E-state index contributed by atoms with van der Waals surface area (Å²) >= 11 is 6.10. The van der Waals surface area contributed by atoms with Gasteiger partial charge >= 0.3 is 5.97 Å². The Morgan fingerprint density at radius 1 is 0.973 bits per heavy atom. The number of hydrogen-bond acceptors (Lipinski definition) is 3. The van der Waals surface area contributed by atoms with Crippen molar-refractivity contribution < 1.29 is 23.5 Å². The number of carbonyl (C=O) groups excluding carboxylic acids is 1. The van der Waals surface area contributed by atoms with E-state index in [9.17, 15) is 23.5 Å². The maximum atomic E-state index is 14.5. The average molecular weight is 530 g/mol. The molecule has 2 saturated carbocycles. The molecule has 3 aromatic rings. The van der Waals surface area contributed by atoms with E-state index in [1.807, 2.05) is 0 Å². The molecule has 0 aliphatic heterocycles. The molecule has 1 heterocycles. The molecular weight excluding hydrogens is 500 g/mol. The Balaban J connectivity index is 1.57. The molecule has 1 amide bonds. The number of aliphatic carboxylic acids is 1. The lowest BCUT2D eigenvalue weighted by atomic mass is 9.82. The van der Waals surface area contributed by atoms with Crippen LogP contribution in [0.5, 0.6) is 0 Å². The Hall–Kier alpha value is -3.00. The number of nitrogens with one attached hydrogen (secondary N) is 1. The molecule has 196 valence electrons. The molecule has 37 heavy (non-hydrogen) atoms. The molecule has 2 aliphatic rings. The number of amides is 1. The van der Waals surface area contributed by atoms with Crippen molar-refractivity contribution in [2.75, 3.05) is 0 Å². The fraction of sp³-hybridized carbons (Fsp3) is 0.464. The number of carboxylic acids is 1. The number of carboxylic acid groups (broad SMARTS) is 1. The van der Waals surface area contributed by atoms with Crippen LogP contribution in [-0.4, -0.2) is 32.6 Å². The van der Waals surface area contributed by atoms with Gasteiger partial charge in [-0.25, -0.2) is 13.8 Å². The molecule has 6 nitrogen and oxygen atoms in total. The van der Waals surface area contributed by atoms with Crippen molar-refractivity contribution in [2.24, 2.45) is 11.8 Å². The summed E-state index contributed by atoms with van der Waals surface area (Å²) < 4.78 is 30.5. The zero-order valence-electron chi connectivity index (χ0n) is 20.4. The number of nitrogens with zero attached hydrogens (tertiary/aromatic N) is 2. The lowest BCUT2D eigenvalue weighted by Crippen LogP contribution is -2.44. The summed E-state index contributed by atoms with van der Waals surface area (Å²) in [5.41, 5.74) is 1.33. The Labute approximate surface area is 219 Å². The molecule has 2 aliphatic carbocycles. The van der Waals surface area contributed by atoms with Crippen LogP contribution in [0.2, 0.25) is 5.02 Å². The molecule has 2 fully saturated rings. The molecular formula is C28H30ClF2N3O3. The fourth-order valence-electron chi connectivity index (χ4n) is 5.94. The van der Waals surface area contributed by atoms with Crippen molar-refractivity contribution in [3.8, 4) is 11.4 Å². The monoisotopic (exact) mass is 529 g/mol. The lowest BCUT2D eigenvalue weighted by Gasteiger charge is -2.34. The van der Waals surface area contributed by atoms with Gasteiger partial charge in [0.25, 0.3) is 0 Å². The normalized spacial score (nSPS) is 21.6. The minimum absolute atomic E-state index is 0.000623. The molecule has 5 rings (SSSR count). The first-order valence-corrected chi connectivity index (χ1v) is 13.4. The van der Waals surface area contributed by atoms with Crippen molar-refractivity contribution in [2.45, 2.75) is 69.9 Å². The zero-order valence-corrected chi connectivity index (χ0v) is 21.2. The van der Waals surface area contributed by atoms with E-state index < -0.39 is 23.6 Å². The first-order valence-electron chi connectivity index (χ1n) is 13.0. The van der Waals surface area contributed by atoms with Gasteiger partial charge in [0, 0.05) is 28.8 Å². The summed E-state index contributed by atoms with van der Waals surface area (Å²) in [5, 5.41) is 13.0. The third-order valence-corrected chi connectivity index (χ3v) is 8.15. The number of halogens is 3. The molecule has 9 heteroatoms. The molecule has 0 saturated heterocycles. The van der Waals surface area contributed by atoms with Gasteiger partial charge in [-0.1, -0.05) is 30.9 Å². The lowest BCUT2D eigenvalue weighted by molar-refractivity contribution is -0.142. The highest BCUT2D eigenvalue weighted by Crippen LogP contribution is 2.39. The Kier molecular flexibility index (Phi) is 7.47. The van der Waals surface area contributed by atoms with E-state index in [1.54, 1.807) is 28.8 Å². The molecule has 2 N–H and O–H groups in total. The second-order valence-electron chi connectivity index (χ2n) is 10.3. The first kappa shape index (κ1) is 25.6. The van der Waals surface area contributed by atoms with Gasteiger partial charge in [-0.3, -0.25) is 9.59 Å². The van der Waals surface area contributed by atoms with E-state index in [-0.39, 0.29) is 29.3 Å². The maximum absolute atomic E-state index is 14.5. The number of fused-ring (bicyclic) bond motifs is 1. The van der Waals surface area contributed by atoms with Crippen LogP contribution in [0.25, 0.3) is 22.4 Å². The maximum Gasteiger partial charge on any atom is 0.306 e.